The number of aromatic nitrogens is 1. The molecule has 0 N–H and O–H groups in total. The molecule has 1 heterocycles. The van der Waals surface area contributed by atoms with Crippen molar-refractivity contribution in [2.75, 3.05) is 0 Å². The minimum Gasteiger partial charge on any atom is -0.345 e. The van der Waals surface area contributed by atoms with Gasteiger partial charge in [-0.2, -0.15) is 0 Å². The third kappa shape index (κ3) is 4.48. The molecule has 27 heavy (non-hydrogen) atoms. The molecular weight excluding hydrogens is 332 g/mol. The first-order chi connectivity index (χ1) is 13.0. The predicted molar refractivity (Wildman–Crippen MR) is 111 cm³/mol. The minimum atomic E-state index is 0.0893. The van der Waals surface area contributed by atoms with Gasteiger partial charge in [-0.1, -0.05) is 48.0 Å². The molecule has 0 spiro atoms. The zero-order valence-corrected chi connectivity index (χ0v) is 16.6. The Balaban J connectivity index is 1.83. The number of amides is 1. The molecule has 0 fully saturated rings. The second-order valence-corrected chi connectivity index (χ2v) is 7.46. The highest BCUT2D eigenvalue weighted by molar-refractivity contribution is 5.95. The van der Waals surface area contributed by atoms with E-state index in [4.69, 9.17) is 0 Å². The summed E-state index contributed by atoms with van der Waals surface area (Å²) in [6.07, 6.45) is 2.09. The van der Waals surface area contributed by atoms with Crippen LogP contribution in [0.3, 0.4) is 0 Å². The summed E-state index contributed by atoms with van der Waals surface area (Å²) in [7, 11) is 0. The van der Waals surface area contributed by atoms with Gasteiger partial charge in [0.15, 0.2) is 0 Å². The van der Waals surface area contributed by atoms with Crippen LogP contribution in [-0.2, 0) is 13.1 Å². The Kier molecular flexibility index (Phi) is 5.80. The standard InChI is InChI=1S/C24H28N2O/c1-18(2)26(24(27)23-13-6-5-10-20(23)4)17-22-12-8-14-25(22)16-21-11-7-9-19(3)15-21/h5-15,18H,16-17H2,1-4H3. The molecular formula is C24H28N2O. The average molecular weight is 361 g/mol. The van der Waals surface area contributed by atoms with Crippen LogP contribution in [-0.4, -0.2) is 21.4 Å². The van der Waals surface area contributed by atoms with E-state index in [1.165, 1.54) is 11.1 Å². The lowest BCUT2D eigenvalue weighted by Gasteiger charge is -2.28. The first kappa shape index (κ1) is 19.0. The van der Waals surface area contributed by atoms with E-state index in [9.17, 15) is 4.79 Å². The van der Waals surface area contributed by atoms with E-state index in [-0.39, 0.29) is 11.9 Å². The maximum Gasteiger partial charge on any atom is 0.254 e. The third-order valence-corrected chi connectivity index (χ3v) is 4.95. The molecule has 0 aliphatic carbocycles. The number of nitrogens with zero attached hydrogens (tertiary/aromatic N) is 2. The van der Waals surface area contributed by atoms with Crippen molar-refractivity contribution >= 4 is 5.91 Å². The maximum absolute atomic E-state index is 13.2. The SMILES string of the molecule is Cc1cccc(Cn2cccc2CN(C(=O)c2ccccc2C)C(C)C)c1. The molecule has 3 nitrogen and oxygen atoms in total. The van der Waals surface area contributed by atoms with E-state index in [1.54, 1.807) is 0 Å². The van der Waals surface area contributed by atoms with Crippen molar-refractivity contribution in [2.45, 2.75) is 46.8 Å². The predicted octanol–water partition coefficient (Wildman–Crippen LogP) is 5.20. The summed E-state index contributed by atoms with van der Waals surface area (Å²) >= 11 is 0. The molecule has 3 aromatic rings. The lowest BCUT2D eigenvalue weighted by Crippen LogP contribution is -2.37. The third-order valence-electron chi connectivity index (χ3n) is 4.95. The average Bonchev–Trinajstić information content (AvgIpc) is 3.06. The second-order valence-electron chi connectivity index (χ2n) is 7.46. The normalized spacial score (nSPS) is 11.0. The van der Waals surface area contributed by atoms with Gasteiger partial charge in [0.05, 0.1) is 6.54 Å². The molecule has 0 aliphatic rings. The highest BCUT2D eigenvalue weighted by Gasteiger charge is 2.21. The Hall–Kier alpha value is -2.81. The van der Waals surface area contributed by atoms with Gasteiger partial charge in [0.2, 0.25) is 0 Å². The van der Waals surface area contributed by atoms with Crippen molar-refractivity contribution in [3.05, 3.63) is 94.8 Å². The molecule has 3 rings (SSSR count). The van der Waals surface area contributed by atoms with Crippen LogP contribution in [0, 0.1) is 13.8 Å². The van der Waals surface area contributed by atoms with Gasteiger partial charge < -0.3 is 9.47 Å². The molecule has 0 saturated carbocycles. The molecule has 2 aromatic carbocycles. The van der Waals surface area contributed by atoms with Crippen LogP contribution < -0.4 is 0 Å². The van der Waals surface area contributed by atoms with E-state index in [0.29, 0.717) is 6.54 Å². The van der Waals surface area contributed by atoms with Crippen LogP contribution in [0.2, 0.25) is 0 Å². The summed E-state index contributed by atoms with van der Waals surface area (Å²) in [5, 5.41) is 0. The van der Waals surface area contributed by atoms with Gasteiger partial charge in [-0.3, -0.25) is 4.79 Å². The molecule has 0 unspecified atom stereocenters. The van der Waals surface area contributed by atoms with Crippen LogP contribution in [0.4, 0.5) is 0 Å². The van der Waals surface area contributed by atoms with Crippen molar-refractivity contribution in [1.29, 1.82) is 0 Å². The van der Waals surface area contributed by atoms with Gasteiger partial charge >= 0.3 is 0 Å². The van der Waals surface area contributed by atoms with Gasteiger partial charge in [-0.25, -0.2) is 0 Å². The van der Waals surface area contributed by atoms with E-state index < -0.39 is 0 Å². The van der Waals surface area contributed by atoms with Crippen LogP contribution >= 0.6 is 0 Å². The van der Waals surface area contributed by atoms with Crippen LogP contribution in [0.5, 0.6) is 0 Å². The van der Waals surface area contributed by atoms with E-state index in [2.05, 4.69) is 67.9 Å². The summed E-state index contributed by atoms with van der Waals surface area (Å²) in [5.41, 5.74) is 5.48. The molecule has 1 amide bonds. The number of hydrogen-bond acceptors (Lipinski definition) is 1. The van der Waals surface area contributed by atoms with Gasteiger partial charge in [0, 0.05) is 30.0 Å². The lowest BCUT2D eigenvalue weighted by molar-refractivity contribution is 0.0685. The Morgan fingerprint density at radius 3 is 2.48 bits per heavy atom. The highest BCUT2D eigenvalue weighted by atomic mass is 16.2. The largest absolute Gasteiger partial charge is 0.345 e. The number of rotatable bonds is 6. The molecule has 140 valence electrons. The summed E-state index contributed by atoms with van der Waals surface area (Å²) in [4.78, 5) is 15.1. The first-order valence-corrected chi connectivity index (χ1v) is 9.52. The second kappa shape index (κ2) is 8.26. The Bertz CT molecular complexity index is 923. The Labute approximate surface area is 162 Å². The van der Waals surface area contributed by atoms with E-state index in [0.717, 1.165) is 23.4 Å². The molecule has 0 atom stereocenters. The van der Waals surface area contributed by atoms with Crippen molar-refractivity contribution in [3.63, 3.8) is 0 Å². The Morgan fingerprint density at radius 1 is 1.00 bits per heavy atom. The number of carbonyl (C=O) groups is 1. The van der Waals surface area contributed by atoms with Gasteiger partial charge in [-0.15, -0.1) is 0 Å². The summed E-state index contributed by atoms with van der Waals surface area (Å²) in [6, 6.07) is 20.7. The summed E-state index contributed by atoms with van der Waals surface area (Å²) in [6.45, 7) is 9.67. The minimum absolute atomic E-state index is 0.0893. The first-order valence-electron chi connectivity index (χ1n) is 9.52. The van der Waals surface area contributed by atoms with Crippen molar-refractivity contribution in [1.82, 2.24) is 9.47 Å². The highest BCUT2D eigenvalue weighted by Crippen LogP contribution is 2.18. The fourth-order valence-corrected chi connectivity index (χ4v) is 3.39. The number of hydrogen-bond donors (Lipinski definition) is 0. The van der Waals surface area contributed by atoms with Crippen LogP contribution in [0.15, 0.2) is 66.9 Å². The fourth-order valence-electron chi connectivity index (χ4n) is 3.39. The van der Waals surface area contributed by atoms with Gasteiger partial charge in [0.1, 0.15) is 0 Å². The van der Waals surface area contributed by atoms with Crippen molar-refractivity contribution < 1.29 is 4.79 Å². The quantitative estimate of drug-likeness (QED) is 0.593. The van der Waals surface area contributed by atoms with Crippen LogP contribution in [0.1, 0.15) is 46.6 Å². The molecule has 0 bridgehead atoms. The fraction of sp³-hybridized carbons (Fsp3) is 0.292. The number of carbonyl (C=O) groups excluding carboxylic acids is 1. The molecule has 0 saturated heterocycles. The topological polar surface area (TPSA) is 25.2 Å². The van der Waals surface area contributed by atoms with Gasteiger partial charge in [-0.05, 0) is 57.0 Å². The monoisotopic (exact) mass is 360 g/mol. The molecule has 3 heteroatoms. The van der Waals surface area contributed by atoms with Crippen LogP contribution in [0.25, 0.3) is 0 Å². The number of aryl methyl sites for hydroxylation is 2. The lowest BCUT2D eigenvalue weighted by atomic mass is 10.1. The molecule has 0 aliphatic heterocycles. The zero-order valence-electron chi connectivity index (χ0n) is 16.6. The smallest absolute Gasteiger partial charge is 0.254 e. The zero-order chi connectivity index (χ0) is 19.4. The van der Waals surface area contributed by atoms with E-state index >= 15 is 0 Å². The molecule has 0 radical (unpaired) electrons. The van der Waals surface area contributed by atoms with Crippen molar-refractivity contribution in [2.24, 2.45) is 0 Å². The van der Waals surface area contributed by atoms with Crippen molar-refractivity contribution in [3.8, 4) is 0 Å². The summed E-state index contributed by atoms with van der Waals surface area (Å²) < 4.78 is 2.23. The van der Waals surface area contributed by atoms with Gasteiger partial charge in [0.25, 0.3) is 5.91 Å². The summed E-state index contributed by atoms with van der Waals surface area (Å²) in [5.74, 6) is 0.0893. The molecule has 1 aromatic heterocycles. The number of benzene rings is 2. The maximum atomic E-state index is 13.2. The van der Waals surface area contributed by atoms with E-state index in [1.807, 2.05) is 36.1 Å². The Morgan fingerprint density at radius 2 is 1.78 bits per heavy atom.